The molecule has 0 aliphatic heterocycles. The van der Waals surface area contributed by atoms with Crippen LogP contribution in [0.15, 0.2) is 47.5 Å². The standard InChI is InChI=1S/C18H25N3O4/c1-14(2)17(18(23)25-13-15-8-4-3-5-9-15)20-12-16(21-19)24-11-7-6-10-22/h3-5,8-10,12,14,17,19-20H,6-7,11,13H2,1-2H3/b16-12+,21-19?/t17-/m0/s1. The van der Waals surface area contributed by atoms with Gasteiger partial charge in [0.1, 0.15) is 18.9 Å². The van der Waals surface area contributed by atoms with Gasteiger partial charge in [0.2, 0.25) is 5.88 Å². The first-order valence-corrected chi connectivity index (χ1v) is 8.19. The number of aldehydes is 1. The Morgan fingerprint density at radius 3 is 2.60 bits per heavy atom. The van der Waals surface area contributed by atoms with Crippen LogP contribution in [0.1, 0.15) is 32.3 Å². The van der Waals surface area contributed by atoms with Gasteiger partial charge in [-0.05, 0) is 17.9 Å². The van der Waals surface area contributed by atoms with E-state index < -0.39 is 6.04 Å². The lowest BCUT2D eigenvalue weighted by Crippen LogP contribution is -2.39. The molecule has 1 aromatic rings. The minimum absolute atomic E-state index is 0.0263. The van der Waals surface area contributed by atoms with Crippen LogP contribution in [-0.4, -0.2) is 24.9 Å². The average Bonchev–Trinajstić information content (AvgIpc) is 2.62. The van der Waals surface area contributed by atoms with E-state index in [2.05, 4.69) is 10.4 Å². The molecule has 0 unspecified atom stereocenters. The molecule has 25 heavy (non-hydrogen) atoms. The summed E-state index contributed by atoms with van der Waals surface area (Å²) in [5.74, 6) is -0.366. The minimum atomic E-state index is -0.584. The van der Waals surface area contributed by atoms with Gasteiger partial charge >= 0.3 is 5.97 Å². The maximum Gasteiger partial charge on any atom is 0.329 e. The van der Waals surface area contributed by atoms with Gasteiger partial charge in [0.05, 0.1) is 12.8 Å². The Morgan fingerprint density at radius 2 is 2.00 bits per heavy atom. The predicted octanol–water partition coefficient (Wildman–Crippen LogP) is 3.17. The predicted molar refractivity (Wildman–Crippen MR) is 92.5 cm³/mol. The molecule has 0 heterocycles. The van der Waals surface area contributed by atoms with Crippen molar-refractivity contribution in [1.82, 2.24) is 5.32 Å². The van der Waals surface area contributed by atoms with Gasteiger partial charge in [-0.15, -0.1) is 5.11 Å². The molecule has 0 saturated carbocycles. The van der Waals surface area contributed by atoms with E-state index >= 15 is 0 Å². The number of nitrogens with one attached hydrogen (secondary N) is 2. The molecule has 0 spiro atoms. The summed E-state index contributed by atoms with van der Waals surface area (Å²) < 4.78 is 10.6. The van der Waals surface area contributed by atoms with E-state index in [1.807, 2.05) is 44.2 Å². The van der Waals surface area contributed by atoms with Crippen molar-refractivity contribution in [2.75, 3.05) is 6.61 Å². The second-order valence-corrected chi connectivity index (χ2v) is 5.73. The molecule has 0 radical (unpaired) electrons. The lowest BCUT2D eigenvalue weighted by atomic mass is 10.1. The fourth-order valence-electron chi connectivity index (χ4n) is 1.96. The summed E-state index contributed by atoms with van der Waals surface area (Å²) in [4.78, 5) is 22.5. The van der Waals surface area contributed by atoms with Crippen LogP contribution in [-0.2, 0) is 25.7 Å². The lowest BCUT2D eigenvalue weighted by Gasteiger charge is -2.20. The molecular formula is C18H25N3O4. The zero-order valence-electron chi connectivity index (χ0n) is 14.6. The molecule has 1 atom stereocenters. The number of carbonyl (C=O) groups is 2. The molecular weight excluding hydrogens is 322 g/mol. The van der Waals surface area contributed by atoms with E-state index in [4.69, 9.17) is 15.0 Å². The van der Waals surface area contributed by atoms with E-state index in [9.17, 15) is 9.59 Å². The lowest BCUT2D eigenvalue weighted by molar-refractivity contribution is -0.148. The van der Waals surface area contributed by atoms with Crippen LogP contribution < -0.4 is 5.32 Å². The third-order valence-electron chi connectivity index (χ3n) is 3.36. The number of carbonyl (C=O) groups excluding carboxylic acids is 2. The Kier molecular flexibility index (Phi) is 9.58. The van der Waals surface area contributed by atoms with E-state index in [1.54, 1.807) is 0 Å². The molecule has 0 bridgehead atoms. The molecule has 0 aliphatic carbocycles. The van der Waals surface area contributed by atoms with Gasteiger partial charge in [0, 0.05) is 6.42 Å². The molecule has 1 aromatic carbocycles. The van der Waals surface area contributed by atoms with Gasteiger partial charge in [0.15, 0.2) is 0 Å². The van der Waals surface area contributed by atoms with Gasteiger partial charge in [-0.25, -0.2) is 10.3 Å². The number of rotatable bonds is 12. The van der Waals surface area contributed by atoms with Crippen molar-refractivity contribution in [2.24, 2.45) is 11.0 Å². The van der Waals surface area contributed by atoms with Gasteiger partial charge in [-0.2, -0.15) is 0 Å². The average molecular weight is 347 g/mol. The van der Waals surface area contributed by atoms with Gasteiger partial charge in [-0.3, -0.25) is 0 Å². The maximum absolute atomic E-state index is 12.3. The Labute approximate surface area is 147 Å². The zero-order valence-corrected chi connectivity index (χ0v) is 14.6. The highest BCUT2D eigenvalue weighted by atomic mass is 16.5. The number of ether oxygens (including phenoxy) is 2. The Hall–Kier alpha value is -2.70. The van der Waals surface area contributed by atoms with Gasteiger partial charge in [-0.1, -0.05) is 44.2 Å². The molecule has 0 aromatic heterocycles. The molecule has 1 rings (SSSR count). The van der Waals surface area contributed by atoms with Crippen molar-refractivity contribution in [3.8, 4) is 0 Å². The van der Waals surface area contributed by atoms with E-state index in [0.29, 0.717) is 12.8 Å². The second kappa shape index (κ2) is 11.8. The van der Waals surface area contributed by atoms with Crippen LogP contribution >= 0.6 is 0 Å². The summed E-state index contributed by atoms with van der Waals surface area (Å²) >= 11 is 0. The van der Waals surface area contributed by atoms with E-state index in [0.717, 1.165) is 11.8 Å². The molecule has 0 amide bonds. The zero-order chi connectivity index (χ0) is 18.5. The maximum atomic E-state index is 12.3. The molecule has 0 fully saturated rings. The number of hydrogen-bond acceptors (Lipinski definition) is 7. The van der Waals surface area contributed by atoms with Crippen LogP contribution in [0.4, 0.5) is 0 Å². The van der Waals surface area contributed by atoms with Crippen molar-refractivity contribution in [2.45, 2.75) is 39.3 Å². The monoisotopic (exact) mass is 347 g/mol. The molecule has 2 N–H and O–H groups in total. The van der Waals surface area contributed by atoms with Crippen LogP contribution in [0.25, 0.3) is 0 Å². The number of nitrogens with zero attached hydrogens (tertiary/aromatic N) is 1. The van der Waals surface area contributed by atoms with Crippen molar-refractivity contribution in [1.29, 1.82) is 5.53 Å². The summed E-state index contributed by atoms with van der Waals surface area (Å²) in [5.41, 5.74) is 8.01. The summed E-state index contributed by atoms with van der Waals surface area (Å²) in [5, 5.41) is 6.16. The van der Waals surface area contributed by atoms with Crippen LogP contribution in [0.3, 0.4) is 0 Å². The van der Waals surface area contributed by atoms with Crippen molar-refractivity contribution in [3.05, 3.63) is 48.0 Å². The second-order valence-electron chi connectivity index (χ2n) is 5.73. The highest BCUT2D eigenvalue weighted by Gasteiger charge is 2.22. The Morgan fingerprint density at radius 1 is 1.28 bits per heavy atom. The van der Waals surface area contributed by atoms with Crippen molar-refractivity contribution >= 4 is 12.3 Å². The third kappa shape index (κ3) is 8.10. The normalized spacial score (nSPS) is 12.4. The Balaban J connectivity index is 2.56. The van der Waals surface area contributed by atoms with Crippen LogP contribution in [0.5, 0.6) is 0 Å². The first-order valence-electron chi connectivity index (χ1n) is 8.19. The minimum Gasteiger partial charge on any atom is -0.476 e. The highest BCUT2D eigenvalue weighted by molar-refractivity contribution is 5.76. The molecule has 0 saturated heterocycles. The number of hydrogen-bond donors (Lipinski definition) is 2. The Bertz CT molecular complexity index is 573. The van der Waals surface area contributed by atoms with Gasteiger partial charge in [0.25, 0.3) is 0 Å². The van der Waals surface area contributed by atoms with Crippen LogP contribution in [0.2, 0.25) is 0 Å². The summed E-state index contributed by atoms with van der Waals surface area (Å²) in [6, 6.07) is 8.85. The molecule has 0 aliphatic rings. The SMILES string of the molecule is CC(C)[C@H](N/C=C(\N=N)OCCCC=O)C(=O)OCc1ccccc1. The number of benzene rings is 1. The summed E-state index contributed by atoms with van der Waals surface area (Å²) in [6.45, 7) is 4.25. The first-order chi connectivity index (χ1) is 12.1. The van der Waals surface area contributed by atoms with Crippen molar-refractivity contribution in [3.63, 3.8) is 0 Å². The summed E-state index contributed by atoms with van der Waals surface area (Å²) in [7, 11) is 0. The topological polar surface area (TPSA) is 101 Å². The number of esters is 1. The molecule has 136 valence electrons. The van der Waals surface area contributed by atoms with Crippen molar-refractivity contribution < 1.29 is 19.1 Å². The van der Waals surface area contributed by atoms with E-state index in [1.165, 1.54) is 6.20 Å². The molecule has 7 nitrogen and oxygen atoms in total. The fraction of sp³-hybridized carbons (Fsp3) is 0.444. The largest absolute Gasteiger partial charge is 0.476 e. The molecule has 7 heteroatoms. The summed E-state index contributed by atoms with van der Waals surface area (Å²) in [6.07, 6.45) is 3.12. The first kappa shape index (κ1) is 20.3. The highest BCUT2D eigenvalue weighted by Crippen LogP contribution is 2.09. The fourth-order valence-corrected chi connectivity index (χ4v) is 1.96. The third-order valence-corrected chi connectivity index (χ3v) is 3.36. The smallest absolute Gasteiger partial charge is 0.329 e. The number of unbranched alkanes of at least 4 members (excludes halogenated alkanes) is 1. The van der Waals surface area contributed by atoms with Crippen LogP contribution in [0, 0.1) is 11.4 Å². The van der Waals surface area contributed by atoms with Gasteiger partial charge < -0.3 is 19.6 Å². The van der Waals surface area contributed by atoms with E-state index in [-0.39, 0.29) is 31.0 Å². The quantitative estimate of drug-likeness (QED) is 0.199.